The fraction of sp³-hybridized carbons (Fsp3) is 0.433. The van der Waals surface area contributed by atoms with E-state index in [0.29, 0.717) is 0 Å². The highest BCUT2D eigenvalue weighted by molar-refractivity contribution is 5.90. The molecule has 0 unspecified atom stereocenters. The number of hydrogen-bond donors (Lipinski definition) is 10. The molecule has 0 spiro atoms. The zero-order valence-electron chi connectivity index (χ0n) is 25.0. The third-order valence-corrected chi connectivity index (χ3v) is 7.74. The number of carboxylic acids is 1. The molecule has 19 heteroatoms. The summed E-state index contributed by atoms with van der Waals surface area (Å²) in [5.41, 5.74) is -1.28. The first-order valence-corrected chi connectivity index (χ1v) is 14.5. The average Bonchev–Trinajstić information content (AvgIpc) is 3.05. The molecule has 2 fully saturated rings. The van der Waals surface area contributed by atoms with Gasteiger partial charge in [0.25, 0.3) is 0 Å². The molecule has 2 aromatic carbocycles. The molecule has 3 aromatic rings. The lowest BCUT2D eigenvalue weighted by Gasteiger charge is -2.39. The first-order valence-electron chi connectivity index (χ1n) is 14.5. The molecule has 10 N–H and O–H groups in total. The highest BCUT2D eigenvalue weighted by Gasteiger charge is 2.47. The number of phenolic OH excluding ortho intramolecular Hbond substituents is 2. The van der Waals surface area contributed by atoms with Crippen LogP contribution < -0.4 is 14.9 Å². The zero-order valence-corrected chi connectivity index (χ0v) is 25.0. The first kappa shape index (κ1) is 35.7. The van der Waals surface area contributed by atoms with E-state index in [1.54, 1.807) is 0 Å². The van der Waals surface area contributed by atoms with Gasteiger partial charge in [-0.15, -0.1) is 0 Å². The summed E-state index contributed by atoms with van der Waals surface area (Å²) in [6, 6.07) is 7.10. The van der Waals surface area contributed by atoms with Gasteiger partial charge < -0.3 is 79.2 Å². The van der Waals surface area contributed by atoms with E-state index in [-0.39, 0.29) is 28.4 Å². The lowest BCUT2D eigenvalue weighted by Crippen LogP contribution is -2.60. The monoisotopic (exact) mass is 696 g/mol. The van der Waals surface area contributed by atoms with Gasteiger partial charge in [0.1, 0.15) is 90.1 Å². The maximum atomic E-state index is 13.8. The second kappa shape index (κ2) is 14.5. The average molecular weight is 697 g/mol. The molecule has 19 nitrogen and oxygen atoms in total. The molecule has 0 radical (unpaired) electrons. The van der Waals surface area contributed by atoms with Crippen molar-refractivity contribution in [2.45, 2.75) is 67.8 Å². The van der Waals surface area contributed by atoms with Gasteiger partial charge in [0.05, 0.1) is 6.61 Å². The van der Waals surface area contributed by atoms with E-state index in [1.165, 1.54) is 24.3 Å². The summed E-state index contributed by atoms with van der Waals surface area (Å²) in [5, 5.41) is 100. The number of carboxylic acid groups (broad SMARTS) is 1. The van der Waals surface area contributed by atoms with Crippen LogP contribution in [0.4, 0.5) is 0 Å². The lowest BCUT2D eigenvalue weighted by atomic mass is 9.99. The molecule has 0 aliphatic carbocycles. The Morgan fingerprint density at radius 2 is 1.37 bits per heavy atom. The van der Waals surface area contributed by atoms with Crippen molar-refractivity contribution in [1.82, 2.24) is 0 Å². The number of carbonyl (C=O) groups excluding carboxylic acids is 1. The highest BCUT2D eigenvalue weighted by atomic mass is 16.7. The summed E-state index contributed by atoms with van der Waals surface area (Å²) in [6.07, 6.45) is -18.6. The van der Waals surface area contributed by atoms with E-state index in [4.69, 9.17) is 33.2 Å². The number of aliphatic hydroxyl groups is 7. The summed E-state index contributed by atoms with van der Waals surface area (Å²) in [5.74, 6) is -4.91. The smallest absolute Gasteiger partial charge is 0.317 e. The van der Waals surface area contributed by atoms with E-state index in [1.807, 2.05) is 0 Å². The van der Waals surface area contributed by atoms with Gasteiger partial charge in [-0.1, -0.05) is 0 Å². The van der Waals surface area contributed by atoms with Crippen LogP contribution in [-0.4, -0.2) is 138 Å². The van der Waals surface area contributed by atoms with Crippen LogP contribution in [0.5, 0.6) is 23.0 Å². The van der Waals surface area contributed by atoms with Crippen LogP contribution in [0.25, 0.3) is 22.3 Å². The molecule has 49 heavy (non-hydrogen) atoms. The van der Waals surface area contributed by atoms with Crippen molar-refractivity contribution in [3.63, 3.8) is 0 Å². The van der Waals surface area contributed by atoms with E-state index in [0.717, 1.165) is 12.1 Å². The van der Waals surface area contributed by atoms with Gasteiger partial charge in [0.15, 0.2) is 5.76 Å². The molecule has 0 amide bonds. The van der Waals surface area contributed by atoms with Crippen molar-refractivity contribution in [2.24, 2.45) is 0 Å². The topological polar surface area (TPSA) is 313 Å². The molecular formula is C30H32O19. The first-order chi connectivity index (χ1) is 23.2. The fourth-order valence-electron chi connectivity index (χ4n) is 5.15. The number of esters is 1. The number of phenols is 2. The van der Waals surface area contributed by atoms with Crippen molar-refractivity contribution < 1.29 is 88.8 Å². The molecule has 10 atom stereocenters. The molecule has 266 valence electrons. The van der Waals surface area contributed by atoms with E-state index < -0.39 is 115 Å². The van der Waals surface area contributed by atoms with Gasteiger partial charge in [-0.05, 0) is 24.3 Å². The molecule has 0 saturated carbocycles. The van der Waals surface area contributed by atoms with Crippen LogP contribution in [0.3, 0.4) is 0 Å². The van der Waals surface area contributed by atoms with Crippen LogP contribution in [-0.2, 0) is 23.8 Å². The molecule has 3 heterocycles. The summed E-state index contributed by atoms with van der Waals surface area (Å²) in [7, 11) is 0. The number of aliphatic hydroxyl groups excluding tert-OH is 7. The number of benzene rings is 2. The molecule has 2 aliphatic heterocycles. The predicted octanol–water partition coefficient (Wildman–Crippen LogP) is -2.75. The molecule has 2 saturated heterocycles. The van der Waals surface area contributed by atoms with Crippen LogP contribution in [0.1, 0.15) is 6.42 Å². The summed E-state index contributed by atoms with van der Waals surface area (Å²) in [4.78, 5) is 36.2. The minimum atomic E-state index is -1.93. The Labute approximate surface area is 273 Å². The lowest BCUT2D eigenvalue weighted by molar-refractivity contribution is -0.278. The summed E-state index contributed by atoms with van der Waals surface area (Å²) >= 11 is 0. The van der Waals surface area contributed by atoms with Crippen LogP contribution in [0.15, 0.2) is 45.6 Å². The number of hydrogen-bond acceptors (Lipinski definition) is 18. The van der Waals surface area contributed by atoms with Gasteiger partial charge >= 0.3 is 11.9 Å². The SMILES string of the molecule is O=C(O)CC(=O)OC[C@H]1O[C@@H](Oc2cc(O)c3c(=O)c(O[C@@H]4O[C@H](CO)[C@@H](O)[C@H](O)[C@H]4O)c(-c4ccc(O)cc4)oc3c2)[C@H](O)[C@@H](O)[C@@H]1O. The Hall–Kier alpha value is -4.57. The van der Waals surface area contributed by atoms with Crippen LogP contribution in [0.2, 0.25) is 0 Å². The number of aliphatic carboxylic acids is 1. The fourth-order valence-corrected chi connectivity index (χ4v) is 5.15. The minimum absolute atomic E-state index is 0.116. The third-order valence-electron chi connectivity index (χ3n) is 7.74. The number of carbonyl (C=O) groups is 2. The van der Waals surface area contributed by atoms with Crippen molar-refractivity contribution >= 4 is 22.9 Å². The standard InChI is InChI=1S/C30H32O19/c31-8-15-20(37)23(40)26(43)30(47-15)49-28-22(39)19-13(33)5-12(6-14(19)46-27(28)10-1-3-11(32)4-2-10)45-29-25(42)24(41)21(38)16(48-29)9-44-18(36)7-17(34)35/h1-6,15-16,20-21,23-26,29-33,37-38,40-43H,7-9H2,(H,34,35)/t15-,16-,20-,21-,23+,24+,25-,26-,29-,30+/m1/s1. The maximum absolute atomic E-state index is 13.8. The van der Waals surface area contributed by atoms with Crippen LogP contribution >= 0.6 is 0 Å². The van der Waals surface area contributed by atoms with Crippen molar-refractivity contribution in [2.75, 3.05) is 13.2 Å². The Morgan fingerprint density at radius 3 is 1.98 bits per heavy atom. The summed E-state index contributed by atoms with van der Waals surface area (Å²) < 4.78 is 32.7. The Morgan fingerprint density at radius 1 is 0.776 bits per heavy atom. The van der Waals surface area contributed by atoms with Gasteiger partial charge in [0.2, 0.25) is 23.8 Å². The second-order valence-corrected chi connectivity index (χ2v) is 11.2. The number of aromatic hydroxyl groups is 2. The van der Waals surface area contributed by atoms with E-state index in [9.17, 15) is 60.3 Å². The van der Waals surface area contributed by atoms with E-state index in [2.05, 4.69) is 0 Å². The summed E-state index contributed by atoms with van der Waals surface area (Å²) in [6.45, 7) is -1.53. The normalized spacial score (nSPS) is 30.1. The predicted molar refractivity (Wildman–Crippen MR) is 156 cm³/mol. The Balaban J connectivity index is 1.49. The van der Waals surface area contributed by atoms with Gasteiger partial charge in [-0.2, -0.15) is 0 Å². The Kier molecular flexibility index (Phi) is 10.6. The van der Waals surface area contributed by atoms with Crippen molar-refractivity contribution in [3.8, 4) is 34.3 Å². The highest BCUT2D eigenvalue weighted by Crippen LogP contribution is 2.38. The van der Waals surface area contributed by atoms with Crippen molar-refractivity contribution in [1.29, 1.82) is 0 Å². The van der Waals surface area contributed by atoms with Gasteiger partial charge in [-0.3, -0.25) is 14.4 Å². The number of rotatable bonds is 10. The number of ether oxygens (including phenoxy) is 5. The molecule has 0 bridgehead atoms. The third kappa shape index (κ3) is 7.39. The van der Waals surface area contributed by atoms with Crippen molar-refractivity contribution in [3.05, 3.63) is 46.6 Å². The quantitative estimate of drug-likeness (QED) is 0.0759. The Bertz CT molecular complexity index is 1720. The van der Waals surface area contributed by atoms with Gasteiger partial charge in [0, 0.05) is 17.7 Å². The number of fused-ring (bicyclic) bond motifs is 1. The minimum Gasteiger partial charge on any atom is -0.508 e. The largest absolute Gasteiger partial charge is 0.508 e. The molecule has 2 aliphatic rings. The maximum Gasteiger partial charge on any atom is 0.317 e. The molecule has 5 rings (SSSR count). The van der Waals surface area contributed by atoms with E-state index >= 15 is 0 Å². The zero-order chi connectivity index (χ0) is 35.7. The van der Waals surface area contributed by atoms with Gasteiger partial charge in [-0.25, -0.2) is 0 Å². The van der Waals surface area contributed by atoms with Crippen LogP contribution in [0, 0.1) is 0 Å². The second-order valence-electron chi connectivity index (χ2n) is 11.2. The molecule has 1 aromatic heterocycles. The molecular weight excluding hydrogens is 664 g/mol.